The number of aliphatic hydroxyl groups excluding tert-OH is 1. The monoisotopic (exact) mass is 377 g/mol. The van der Waals surface area contributed by atoms with Crippen molar-refractivity contribution < 1.29 is 13.5 Å². The molecular formula is C15H24BrNO3S. The standard InChI is InChI=1S/C15H24BrNO3S/c1-10(2)8-17(11(3)4)21(19,20)14-7-13(9-18)6-12(5)15(14)16/h6-7,10-11,18H,8-9H2,1-5H3. The molecule has 21 heavy (non-hydrogen) atoms. The molecular weight excluding hydrogens is 354 g/mol. The molecule has 0 amide bonds. The van der Waals surface area contributed by atoms with Crippen LogP contribution in [0.25, 0.3) is 0 Å². The van der Waals surface area contributed by atoms with E-state index in [-0.39, 0.29) is 23.5 Å². The minimum Gasteiger partial charge on any atom is -0.392 e. The summed E-state index contributed by atoms with van der Waals surface area (Å²) in [7, 11) is -3.61. The molecule has 1 rings (SSSR count). The fourth-order valence-corrected chi connectivity index (χ4v) is 4.99. The summed E-state index contributed by atoms with van der Waals surface area (Å²) in [6, 6.07) is 3.20. The number of halogens is 1. The highest BCUT2D eigenvalue weighted by molar-refractivity contribution is 9.10. The number of aliphatic hydroxyl groups is 1. The predicted octanol–water partition coefficient (Wildman–Crippen LogP) is 3.30. The fourth-order valence-electron chi connectivity index (χ4n) is 2.16. The Morgan fingerprint density at radius 3 is 2.24 bits per heavy atom. The van der Waals surface area contributed by atoms with Crippen molar-refractivity contribution in [2.24, 2.45) is 5.92 Å². The maximum Gasteiger partial charge on any atom is 0.244 e. The van der Waals surface area contributed by atoms with Crippen molar-refractivity contribution in [1.82, 2.24) is 4.31 Å². The van der Waals surface area contributed by atoms with Gasteiger partial charge in [0, 0.05) is 17.1 Å². The van der Waals surface area contributed by atoms with Crippen LogP contribution in [-0.4, -0.2) is 30.4 Å². The first-order valence-electron chi connectivity index (χ1n) is 7.03. The van der Waals surface area contributed by atoms with E-state index >= 15 is 0 Å². The Morgan fingerprint density at radius 2 is 1.81 bits per heavy atom. The normalized spacial score (nSPS) is 12.7. The van der Waals surface area contributed by atoms with E-state index < -0.39 is 10.0 Å². The van der Waals surface area contributed by atoms with Gasteiger partial charge in [0.15, 0.2) is 0 Å². The second-order valence-corrected chi connectivity index (χ2v) is 8.60. The highest BCUT2D eigenvalue weighted by Gasteiger charge is 2.30. The van der Waals surface area contributed by atoms with Crippen LogP contribution in [0.1, 0.15) is 38.8 Å². The van der Waals surface area contributed by atoms with Gasteiger partial charge in [-0.15, -0.1) is 0 Å². The van der Waals surface area contributed by atoms with Gasteiger partial charge in [-0.2, -0.15) is 4.31 Å². The third-order valence-electron chi connectivity index (χ3n) is 3.17. The number of rotatable bonds is 6. The molecule has 120 valence electrons. The van der Waals surface area contributed by atoms with Crippen LogP contribution in [0.5, 0.6) is 0 Å². The lowest BCUT2D eigenvalue weighted by molar-refractivity contribution is 0.281. The van der Waals surface area contributed by atoms with E-state index in [0.29, 0.717) is 16.6 Å². The van der Waals surface area contributed by atoms with Crippen LogP contribution in [0.15, 0.2) is 21.5 Å². The second kappa shape index (κ2) is 7.22. The summed E-state index contributed by atoms with van der Waals surface area (Å²) in [5.41, 5.74) is 1.40. The number of sulfonamides is 1. The van der Waals surface area contributed by atoms with Gasteiger partial charge in [0.1, 0.15) is 0 Å². The van der Waals surface area contributed by atoms with Gasteiger partial charge in [-0.05, 0) is 59.8 Å². The lowest BCUT2D eigenvalue weighted by Crippen LogP contribution is -2.39. The highest BCUT2D eigenvalue weighted by atomic mass is 79.9. The van der Waals surface area contributed by atoms with Crippen molar-refractivity contribution in [1.29, 1.82) is 0 Å². The number of aryl methyl sites for hydroxylation is 1. The lowest BCUT2D eigenvalue weighted by Gasteiger charge is -2.28. The molecule has 1 aromatic carbocycles. The molecule has 0 aliphatic heterocycles. The first kappa shape index (κ1) is 18.6. The molecule has 0 spiro atoms. The third-order valence-corrected chi connectivity index (χ3v) is 6.55. The van der Waals surface area contributed by atoms with E-state index in [1.807, 2.05) is 34.6 Å². The van der Waals surface area contributed by atoms with Crippen LogP contribution in [-0.2, 0) is 16.6 Å². The lowest BCUT2D eigenvalue weighted by atomic mass is 10.1. The summed E-state index contributed by atoms with van der Waals surface area (Å²) in [4.78, 5) is 0.223. The Morgan fingerprint density at radius 1 is 1.24 bits per heavy atom. The molecule has 0 aliphatic rings. The van der Waals surface area contributed by atoms with Crippen molar-refractivity contribution in [2.45, 2.75) is 52.2 Å². The average Bonchev–Trinajstić information content (AvgIpc) is 2.38. The van der Waals surface area contributed by atoms with Crippen LogP contribution >= 0.6 is 15.9 Å². The summed E-state index contributed by atoms with van der Waals surface area (Å²) >= 11 is 3.38. The van der Waals surface area contributed by atoms with Gasteiger partial charge in [-0.25, -0.2) is 8.42 Å². The fraction of sp³-hybridized carbons (Fsp3) is 0.600. The minimum atomic E-state index is -3.61. The predicted molar refractivity (Wildman–Crippen MR) is 88.7 cm³/mol. The van der Waals surface area contributed by atoms with Gasteiger partial charge in [-0.1, -0.05) is 19.9 Å². The topological polar surface area (TPSA) is 57.6 Å². The van der Waals surface area contributed by atoms with Crippen LogP contribution in [0.4, 0.5) is 0 Å². The Kier molecular flexibility index (Phi) is 6.40. The van der Waals surface area contributed by atoms with Gasteiger partial charge in [0.25, 0.3) is 0 Å². The highest BCUT2D eigenvalue weighted by Crippen LogP contribution is 2.31. The maximum absolute atomic E-state index is 13.0. The van der Waals surface area contributed by atoms with Gasteiger partial charge in [-0.3, -0.25) is 0 Å². The maximum atomic E-state index is 13.0. The van der Waals surface area contributed by atoms with Crippen molar-refractivity contribution in [3.05, 3.63) is 27.7 Å². The summed E-state index contributed by atoms with van der Waals surface area (Å²) < 4.78 is 28.0. The van der Waals surface area contributed by atoms with E-state index in [0.717, 1.165) is 5.56 Å². The van der Waals surface area contributed by atoms with Gasteiger partial charge < -0.3 is 5.11 Å². The Bertz CT molecular complexity index is 597. The molecule has 0 unspecified atom stereocenters. The average molecular weight is 378 g/mol. The molecule has 0 heterocycles. The smallest absolute Gasteiger partial charge is 0.244 e. The number of nitrogens with zero attached hydrogens (tertiary/aromatic N) is 1. The van der Waals surface area contributed by atoms with E-state index in [9.17, 15) is 13.5 Å². The van der Waals surface area contributed by atoms with Crippen LogP contribution < -0.4 is 0 Å². The summed E-state index contributed by atoms with van der Waals surface area (Å²) in [6.07, 6.45) is 0. The largest absolute Gasteiger partial charge is 0.392 e. The Hall–Kier alpha value is -0.430. The Balaban J connectivity index is 3.44. The molecule has 0 saturated heterocycles. The summed E-state index contributed by atoms with van der Waals surface area (Å²) in [5.74, 6) is 0.239. The zero-order chi connectivity index (χ0) is 16.4. The van der Waals surface area contributed by atoms with Crippen molar-refractivity contribution in [3.8, 4) is 0 Å². The van der Waals surface area contributed by atoms with Crippen LogP contribution in [0.3, 0.4) is 0 Å². The third kappa shape index (κ3) is 4.28. The molecule has 1 aromatic rings. The molecule has 0 radical (unpaired) electrons. The molecule has 0 fully saturated rings. The molecule has 0 saturated carbocycles. The molecule has 6 heteroatoms. The number of hydrogen-bond acceptors (Lipinski definition) is 3. The zero-order valence-electron chi connectivity index (χ0n) is 13.2. The summed E-state index contributed by atoms with van der Waals surface area (Å²) in [6.45, 7) is 9.85. The quantitative estimate of drug-likeness (QED) is 0.826. The molecule has 0 aromatic heterocycles. The number of hydrogen-bond donors (Lipinski definition) is 1. The van der Waals surface area contributed by atoms with E-state index in [1.165, 1.54) is 4.31 Å². The SMILES string of the molecule is Cc1cc(CO)cc(S(=O)(=O)N(CC(C)C)C(C)C)c1Br. The van der Waals surface area contributed by atoms with Crippen molar-refractivity contribution in [3.63, 3.8) is 0 Å². The van der Waals surface area contributed by atoms with Crippen molar-refractivity contribution >= 4 is 26.0 Å². The van der Waals surface area contributed by atoms with E-state index in [4.69, 9.17) is 0 Å². The van der Waals surface area contributed by atoms with Gasteiger partial charge >= 0.3 is 0 Å². The van der Waals surface area contributed by atoms with Crippen molar-refractivity contribution in [2.75, 3.05) is 6.54 Å². The van der Waals surface area contributed by atoms with E-state index in [1.54, 1.807) is 12.1 Å². The number of benzene rings is 1. The van der Waals surface area contributed by atoms with Gasteiger partial charge in [0.2, 0.25) is 10.0 Å². The van der Waals surface area contributed by atoms with Crippen LogP contribution in [0, 0.1) is 12.8 Å². The minimum absolute atomic E-state index is 0.123. The molecule has 0 aliphatic carbocycles. The second-order valence-electron chi connectivity index (χ2n) is 5.95. The molecule has 4 nitrogen and oxygen atoms in total. The summed E-state index contributed by atoms with van der Waals surface area (Å²) in [5, 5.41) is 9.31. The zero-order valence-corrected chi connectivity index (χ0v) is 15.6. The molecule has 0 atom stereocenters. The Labute approximate surface area is 136 Å². The molecule has 1 N–H and O–H groups in total. The van der Waals surface area contributed by atoms with E-state index in [2.05, 4.69) is 15.9 Å². The molecule has 0 bridgehead atoms. The first-order chi connectivity index (χ1) is 9.61. The first-order valence-corrected chi connectivity index (χ1v) is 9.26. The van der Waals surface area contributed by atoms with Gasteiger partial charge in [0.05, 0.1) is 11.5 Å². The van der Waals surface area contributed by atoms with Crippen LogP contribution in [0.2, 0.25) is 0 Å².